The number of rotatable bonds is 3. The topological polar surface area (TPSA) is 87.5 Å². The van der Waals surface area contributed by atoms with E-state index in [1.165, 1.54) is 15.6 Å². The van der Waals surface area contributed by atoms with Gasteiger partial charge in [0.2, 0.25) is 0 Å². The van der Waals surface area contributed by atoms with Crippen LogP contribution in [0.25, 0.3) is 5.69 Å². The maximum absolute atomic E-state index is 14.4. The summed E-state index contributed by atoms with van der Waals surface area (Å²) in [4.78, 5) is 25.8. The highest BCUT2D eigenvalue weighted by Crippen LogP contribution is 2.48. The van der Waals surface area contributed by atoms with Crippen LogP contribution < -0.4 is 5.32 Å². The predicted octanol–water partition coefficient (Wildman–Crippen LogP) is 3.04. The molecule has 1 aliphatic heterocycles. The molecule has 8 heteroatoms. The molecule has 2 N–H and O–H groups in total. The van der Waals surface area contributed by atoms with Crippen LogP contribution >= 0.6 is 0 Å². The largest absolute Gasteiger partial charge is 0.481 e. The van der Waals surface area contributed by atoms with E-state index in [1.807, 2.05) is 6.92 Å². The number of carbonyl (C=O) groups is 2. The molecule has 2 aliphatic rings. The summed E-state index contributed by atoms with van der Waals surface area (Å²) in [5.74, 6) is -1.34. The zero-order valence-corrected chi connectivity index (χ0v) is 15.0. The number of benzene rings is 1. The molecule has 2 aromatic rings. The normalized spacial score (nSPS) is 24.1. The number of nitrogens with one attached hydrogen (secondary N) is 1. The van der Waals surface area contributed by atoms with Crippen LogP contribution in [0, 0.1) is 24.1 Å². The van der Waals surface area contributed by atoms with Gasteiger partial charge < -0.3 is 15.3 Å². The molecule has 7 nitrogen and oxygen atoms in total. The molecule has 2 amide bonds. The molecule has 0 radical (unpaired) electrons. The SMILES string of the molecule is Cc1cnn(-c2ccc(NC(=O)N3C[C@@H]4CCC[C@@]4(C(=O)O)C3)cc2F)c1. The number of carboxylic acid groups (broad SMARTS) is 1. The molecule has 2 heterocycles. The van der Waals surface area contributed by atoms with Gasteiger partial charge in [-0.2, -0.15) is 5.10 Å². The van der Waals surface area contributed by atoms with E-state index in [0.717, 1.165) is 18.4 Å². The second kappa shape index (κ2) is 6.37. The molecule has 1 aliphatic carbocycles. The fourth-order valence-electron chi connectivity index (χ4n) is 4.31. The Morgan fingerprint density at radius 3 is 2.85 bits per heavy atom. The van der Waals surface area contributed by atoms with E-state index in [2.05, 4.69) is 10.4 Å². The van der Waals surface area contributed by atoms with Gasteiger partial charge in [-0.15, -0.1) is 0 Å². The molecule has 1 saturated carbocycles. The van der Waals surface area contributed by atoms with Crippen molar-refractivity contribution >= 4 is 17.7 Å². The van der Waals surface area contributed by atoms with E-state index < -0.39 is 23.2 Å². The maximum Gasteiger partial charge on any atom is 0.321 e. The number of aryl methyl sites for hydroxylation is 1. The smallest absolute Gasteiger partial charge is 0.321 e. The summed E-state index contributed by atoms with van der Waals surface area (Å²) in [5, 5.41) is 16.4. The van der Waals surface area contributed by atoms with Gasteiger partial charge in [-0.1, -0.05) is 6.42 Å². The summed E-state index contributed by atoms with van der Waals surface area (Å²) >= 11 is 0. The first-order valence-electron chi connectivity index (χ1n) is 8.99. The molecule has 142 valence electrons. The van der Waals surface area contributed by atoms with Crippen LogP contribution in [-0.2, 0) is 4.79 Å². The summed E-state index contributed by atoms with van der Waals surface area (Å²) in [6.45, 7) is 2.49. The first kappa shape index (κ1) is 17.5. The van der Waals surface area contributed by atoms with E-state index in [4.69, 9.17) is 0 Å². The average Bonchev–Trinajstić information content (AvgIpc) is 3.28. The molecule has 1 aromatic heterocycles. The summed E-state index contributed by atoms with van der Waals surface area (Å²) in [6.07, 6.45) is 5.65. The van der Waals surface area contributed by atoms with Crippen molar-refractivity contribution in [3.05, 3.63) is 42.0 Å². The van der Waals surface area contributed by atoms with Crippen LogP contribution in [0.2, 0.25) is 0 Å². The van der Waals surface area contributed by atoms with Gasteiger partial charge in [0, 0.05) is 25.0 Å². The van der Waals surface area contributed by atoms with Crippen LogP contribution in [-0.4, -0.2) is 44.9 Å². The number of aromatic nitrogens is 2. The monoisotopic (exact) mass is 372 g/mol. The number of likely N-dealkylation sites (tertiary alicyclic amines) is 1. The van der Waals surface area contributed by atoms with Gasteiger partial charge in [0.05, 0.1) is 11.6 Å². The Kier molecular flexibility index (Phi) is 4.13. The Bertz CT molecular complexity index is 912. The summed E-state index contributed by atoms with van der Waals surface area (Å²) in [7, 11) is 0. The molecule has 1 aromatic carbocycles. The lowest BCUT2D eigenvalue weighted by atomic mass is 9.81. The number of carboxylic acids is 1. The van der Waals surface area contributed by atoms with Crippen molar-refractivity contribution in [3.8, 4) is 5.69 Å². The van der Waals surface area contributed by atoms with Crippen LogP contribution in [0.3, 0.4) is 0 Å². The third-order valence-electron chi connectivity index (χ3n) is 5.74. The lowest BCUT2D eigenvalue weighted by Crippen LogP contribution is -2.38. The fraction of sp³-hybridized carbons (Fsp3) is 0.421. The number of carbonyl (C=O) groups excluding carboxylic acids is 1. The Hall–Kier alpha value is -2.90. The first-order chi connectivity index (χ1) is 12.9. The molecule has 0 bridgehead atoms. The summed E-state index contributed by atoms with van der Waals surface area (Å²) in [5.41, 5.74) is 0.705. The van der Waals surface area contributed by atoms with E-state index in [9.17, 15) is 19.1 Å². The zero-order valence-electron chi connectivity index (χ0n) is 15.0. The van der Waals surface area contributed by atoms with Crippen LogP contribution in [0.4, 0.5) is 14.9 Å². The van der Waals surface area contributed by atoms with Crippen LogP contribution in [0.1, 0.15) is 24.8 Å². The maximum atomic E-state index is 14.4. The Morgan fingerprint density at radius 1 is 1.41 bits per heavy atom. The predicted molar refractivity (Wildman–Crippen MR) is 96.3 cm³/mol. The molecule has 0 unspecified atom stereocenters. The Balaban J connectivity index is 1.48. The highest BCUT2D eigenvalue weighted by molar-refractivity contribution is 5.90. The quantitative estimate of drug-likeness (QED) is 0.867. The highest BCUT2D eigenvalue weighted by Gasteiger charge is 2.55. The van der Waals surface area contributed by atoms with Crippen molar-refractivity contribution in [2.24, 2.45) is 11.3 Å². The minimum absolute atomic E-state index is 0.0112. The molecule has 4 rings (SSSR count). The molecule has 1 saturated heterocycles. The van der Waals surface area contributed by atoms with E-state index in [0.29, 0.717) is 24.3 Å². The molecule has 27 heavy (non-hydrogen) atoms. The number of nitrogens with zero attached hydrogens (tertiary/aromatic N) is 3. The standard InChI is InChI=1S/C19H21FN4O3/c1-12-8-21-24(9-12)16-5-4-14(7-15(16)20)22-18(27)23-10-13-3-2-6-19(13,11-23)17(25)26/h4-5,7-9,13H,2-3,6,10-11H2,1H3,(H,22,27)(H,25,26)/t13-,19+/m0/s1. The third kappa shape index (κ3) is 2.94. The molecular formula is C19H21FN4O3. The van der Waals surface area contributed by atoms with E-state index >= 15 is 0 Å². The van der Waals surface area contributed by atoms with Crippen molar-refractivity contribution in [1.82, 2.24) is 14.7 Å². The van der Waals surface area contributed by atoms with Crippen molar-refractivity contribution in [2.75, 3.05) is 18.4 Å². The van der Waals surface area contributed by atoms with Gasteiger partial charge >= 0.3 is 12.0 Å². The summed E-state index contributed by atoms with van der Waals surface area (Å²) < 4.78 is 15.9. The van der Waals surface area contributed by atoms with Gasteiger partial charge in [-0.05, 0) is 49.4 Å². The lowest BCUT2D eigenvalue weighted by Gasteiger charge is -2.23. The van der Waals surface area contributed by atoms with Gasteiger partial charge in [0.25, 0.3) is 0 Å². The summed E-state index contributed by atoms with van der Waals surface area (Å²) in [6, 6.07) is 4.01. The molecule has 2 fully saturated rings. The average molecular weight is 372 g/mol. The van der Waals surface area contributed by atoms with Gasteiger partial charge in [0.15, 0.2) is 5.82 Å². The number of aliphatic carboxylic acids is 1. The highest BCUT2D eigenvalue weighted by atomic mass is 19.1. The minimum Gasteiger partial charge on any atom is -0.481 e. The van der Waals surface area contributed by atoms with Crippen molar-refractivity contribution in [1.29, 1.82) is 0 Å². The zero-order chi connectivity index (χ0) is 19.2. The fourth-order valence-corrected chi connectivity index (χ4v) is 4.31. The number of amides is 2. The molecular weight excluding hydrogens is 351 g/mol. The number of fused-ring (bicyclic) bond motifs is 1. The number of halogens is 1. The molecule has 0 spiro atoms. The number of hydrogen-bond donors (Lipinski definition) is 2. The third-order valence-corrected chi connectivity index (χ3v) is 5.74. The van der Waals surface area contributed by atoms with Crippen LogP contribution in [0.15, 0.2) is 30.6 Å². The number of hydrogen-bond acceptors (Lipinski definition) is 3. The second-order valence-electron chi connectivity index (χ2n) is 7.49. The molecule has 2 atom stereocenters. The first-order valence-corrected chi connectivity index (χ1v) is 8.99. The van der Waals surface area contributed by atoms with Gasteiger partial charge in [-0.25, -0.2) is 13.9 Å². The number of anilines is 1. The lowest BCUT2D eigenvalue weighted by molar-refractivity contribution is -0.149. The number of urea groups is 1. The Morgan fingerprint density at radius 2 is 2.22 bits per heavy atom. The van der Waals surface area contributed by atoms with Gasteiger partial charge in [0.1, 0.15) is 5.69 Å². The minimum atomic E-state index is -0.829. The van der Waals surface area contributed by atoms with Crippen LogP contribution in [0.5, 0.6) is 0 Å². The second-order valence-corrected chi connectivity index (χ2v) is 7.49. The van der Waals surface area contributed by atoms with Crippen molar-refractivity contribution in [3.63, 3.8) is 0 Å². The van der Waals surface area contributed by atoms with E-state index in [-0.39, 0.29) is 12.5 Å². The van der Waals surface area contributed by atoms with Gasteiger partial charge in [-0.3, -0.25) is 4.79 Å². The van der Waals surface area contributed by atoms with E-state index in [1.54, 1.807) is 24.5 Å². The Labute approximate surface area is 155 Å². The van der Waals surface area contributed by atoms with Crippen molar-refractivity contribution in [2.45, 2.75) is 26.2 Å². The van der Waals surface area contributed by atoms with Crippen molar-refractivity contribution < 1.29 is 19.1 Å².